The van der Waals surface area contributed by atoms with E-state index in [0.717, 1.165) is 35.5 Å². The minimum Gasteiger partial charge on any atom is -0.508 e. The highest BCUT2D eigenvalue weighted by Gasteiger charge is 2.27. The van der Waals surface area contributed by atoms with Gasteiger partial charge in [0, 0.05) is 17.7 Å². The third kappa shape index (κ3) is 5.38. The monoisotopic (exact) mass is 493 g/mol. The molecule has 1 aliphatic heterocycles. The van der Waals surface area contributed by atoms with Crippen LogP contribution >= 0.6 is 0 Å². The zero-order valence-electron chi connectivity index (χ0n) is 21.0. The fourth-order valence-electron chi connectivity index (χ4n) is 4.74. The quantitative estimate of drug-likeness (QED) is 0.281. The van der Waals surface area contributed by atoms with Crippen molar-refractivity contribution in [1.82, 2.24) is 16.0 Å². The zero-order chi connectivity index (χ0) is 25.9. The maximum absolute atomic E-state index is 12.2. The largest absolute Gasteiger partial charge is 0.508 e. The first kappa shape index (κ1) is 24.3. The van der Waals surface area contributed by atoms with Gasteiger partial charge in [0.2, 0.25) is 0 Å². The Kier molecular flexibility index (Phi) is 6.73. The van der Waals surface area contributed by atoms with Gasteiger partial charge < -0.3 is 26.2 Å². The van der Waals surface area contributed by atoms with Gasteiger partial charge in [-0.1, -0.05) is 74.5 Å². The maximum Gasteiger partial charge on any atom is 0.352 e. The smallest absolute Gasteiger partial charge is 0.352 e. The lowest BCUT2D eigenvalue weighted by molar-refractivity contribution is -0.132. The molecule has 37 heavy (non-hydrogen) atoms. The summed E-state index contributed by atoms with van der Waals surface area (Å²) in [4.78, 5) is 12.2. The molecule has 3 aromatic rings. The Balaban J connectivity index is 1.51. The van der Waals surface area contributed by atoms with E-state index in [9.17, 15) is 15.0 Å². The summed E-state index contributed by atoms with van der Waals surface area (Å²) in [7, 11) is 0. The van der Waals surface area contributed by atoms with Crippen LogP contribution in [0.15, 0.2) is 95.7 Å². The fourth-order valence-corrected chi connectivity index (χ4v) is 4.74. The second-order valence-electron chi connectivity index (χ2n) is 9.77. The molecule has 0 spiro atoms. The third-order valence-corrected chi connectivity index (χ3v) is 6.78. The average Bonchev–Trinajstić information content (AvgIpc) is 2.90. The topological polar surface area (TPSA) is 93.6 Å². The predicted octanol–water partition coefficient (Wildman–Crippen LogP) is 5.45. The molecule has 0 aromatic heterocycles. The standard InChI is InChI=1S/C31H31N3O3/c1-19(2)22-10-14-25-23(18-22)11-15-26-29(25)32-27(16-20-6-4-3-5-7-20)30(33-26)34-28(31(36)37)17-21-8-12-24(35)13-9-21/h3-10,12-14,17-19,32-35H,11,15-16H2,1-2H3,(H,36,37)/b28-17-. The molecule has 0 radical (unpaired) electrons. The summed E-state index contributed by atoms with van der Waals surface area (Å²) < 4.78 is 0. The van der Waals surface area contributed by atoms with Crippen molar-refractivity contribution in [2.75, 3.05) is 0 Å². The first-order valence-corrected chi connectivity index (χ1v) is 12.6. The number of nitrogens with one attached hydrogen (secondary N) is 3. The maximum atomic E-state index is 12.2. The lowest BCUT2D eigenvalue weighted by atomic mass is 9.88. The minimum atomic E-state index is -1.07. The van der Waals surface area contributed by atoms with Crippen molar-refractivity contribution in [2.24, 2.45) is 0 Å². The summed E-state index contributed by atoms with van der Waals surface area (Å²) in [5, 5.41) is 29.9. The van der Waals surface area contributed by atoms with Gasteiger partial charge in [-0.2, -0.15) is 0 Å². The number of aryl methyl sites for hydroxylation is 1. The minimum absolute atomic E-state index is 0.0300. The van der Waals surface area contributed by atoms with E-state index >= 15 is 0 Å². The van der Waals surface area contributed by atoms with Crippen molar-refractivity contribution in [2.45, 2.75) is 39.0 Å². The second-order valence-corrected chi connectivity index (χ2v) is 9.77. The van der Waals surface area contributed by atoms with Crippen LogP contribution in [0.25, 0.3) is 11.8 Å². The van der Waals surface area contributed by atoms with E-state index in [1.54, 1.807) is 18.2 Å². The fraction of sp³-hybridized carbons (Fsp3) is 0.194. The van der Waals surface area contributed by atoms with Crippen LogP contribution in [0.5, 0.6) is 5.75 Å². The van der Waals surface area contributed by atoms with Gasteiger partial charge in [0.25, 0.3) is 0 Å². The molecule has 5 rings (SSSR count). The molecule has 0 saturated heterocycles. The van der Waals surface area contributed by atoms with Crippen LogP contribution in [0.2, 0.25) is 0 Å². The number of fused-ring (bicyclic) bond motifs is 2. The molecule has 0 amide bonds. The highest BCUT2D eigenvalue weighted by molar-refractivity contribution is 5.92. The highest BCUT2D eigenvalue weighted by atomic mass is 16.4. The van der Waals surface area contributed by atoms with Crippen LogP contribution in [0.4, 0.5) is 0 Å². The van der Waals surface area contributed by atoms with E-state index in [2.05, 4.69) is 60.1 Å². The summed E-state index contributed by atoms with van der Waals surface area (Å²) in [6.07, 6.45) is 3.90. The Morgan fingerprint density at radius 2 is 1.76 bits per heavy atom. The molecule has 0 atom stereocenters. The van der Waals surface area contributed by atoms with Gasteiger partial charge in [-0.15, -0.1) is 0 Å². The molecular formula is C31H31N3O3. The number of benzene rings is 3. The lowest BCUT2D eigenvalue weighted by Gasteiger charge is -2.33. The van der Waals surface area contributed by atoms with Crippen molar-refractivity contribution in [3.8, 4) is 5.75 Å². The van der Waals surface area contributed by atoms with Gasteiger partial charge in [-0.3, -0.25) is 0 Å². The molecule has 0 unspecified atom stereocenters. The van der Waals surface area contributed by atoms with Crippen LogP contribution in [0.1, 0.15) is 54.0 Å². The molecule has 0 bridgehead atoms. The predicted molar refractivity (Wildman–Crippen MR) is 146 cm³/mol. The number of aliphatic carboxylic acids is 1. The molecule has 0 fully saturated rings. The van der Waals surface area contributed by atoms with E-state index in [1.165, 1.54) is 28.8 Å². The first-order valence-electron chi connectivity index (χ1n) is 12.6. The highest BCUT2D eigenvalue weighted by Crippen LogP contribution is 2.34. The summed E-state index contributed by atoms with van der Waals surface area (Å²) in [6.45, 7) is 4.42. The Hall–Kier alpha value is -4.45. The summed E-state index contributed by atoms with van der Waals surface area (Å²) in [5.41, 5.74) is 8.61. The van der Waals surface area contributed by atoms with Crippen molar-refractivity contribution < 1.29 is 15.0 Å². The van der Waals surface area contributed by atoms with Crippen molar-refractivity contribution in [3.63, 3.8) is 0 Å². The van der Waals surface area contributed by atoms with Crippen LogP contribution in [0.3, 0.4) is 0 Å². The molecule has 5 N–H and O–H groups in total. The molecular weight excluding hydrogens is 462 g/mol. The first-order chi connectivity index (χ1) is 17.9. The van der Waals surface area contributed by atoms with Gasteiger partial charge in [-0.25, -0.2) is 4.79 Å². The number of phenolic OH excluding ortho intramolecular Hbond substituents is 1. The van der Waals surface area contributed by atoms with E-state index in [0.29, 0.717) is 23.7 Å². The molecule has 6 heteroatoms. The number of allylic oxidation sites excluding steroid dienone is 2. The molecule has 6 nitrogen and oxygen atoms in total. The zero-order valence-corrected chi connectivity index (χ0v) is 21.0. The molecule has 0 saturated carbocycles. The van der Waals surface area contributed by atoms with Crippen molar-refractivity contribution in [3.05, 3.63) is 124 Å². The number of carboxylic acids is 1. The Morgan fingerprint density at radius 1 is 1.00 bits per heavy atom. The van der Waals surface area contributed by atoms with Gasteiger partial charge in [0.05, 0.1) is 11.4 Å². The van der Waals surface area contributed by atoms with Crippen LogP contribution < -0.4 is 16.0 Å². The van der Waals surface area contributed by atoms with E-state index < -0.39 is 5.97 Å². The number of aromatic hydroxyl groups is 1. The molecule has 1 aliphatic carbocycles. The number of rotatable bonds is 7. The lowest BCUT2D eigenvalue weighted by Crippen LogP contribution is -2.39. The van der Waals surface area contributed by atoms with E-state index in [4.69, 9.17) is 0 Å². The molecule has 188 valence electrons. The summed E-state index contributed by atoms with van der Waals surface area (Å²) in [6, 6.07) is 23.2. The summed E-state index contributed by atoms with van der Waals surface area (Å²) >= 11 is 0. The van der Waals surface area contributed by atoms with Crippen LogP contribution in [0, 0.1) is 0 Å². The van der Waals surface area contributed by atoms with Crippen LogP contribution in [-0.2, 0) is 17.6 Å². The van der Waals surface area contributed by atoms with Crippen LogP contribution in [-0.4, -0.2) is 16.2 Å². The third-order valence-electron chi connectivity index (χ3n) is 6.78. The van der Waals surface area contributed by atoms with Gasteiger partial charge in [0.1, 0.15) is 17.3 Å². The number of carbonyl (C=O) groups is 1. The van der Waals surface area contributed by atoms with Gasteiger partial charge in [0.15, 0.2) is 0 Å². The Bertz CT molecular complexity index is 1420. The van der Waals surface area contributed by atoms with E-state index in [-0.39, 0.29) is 11.4 Å². The number of phenols is 1. The SMILES string of the molecule is CC(C)c1ccc2c(c1)CCC1=C2NC(Cc2ccccc2)=C(N/C(=C\c2ccc(O)cc2)C(=O)O)N1. The molecule has 3 aromatic carbocycles. The van der Waals surface area contributed by atoms with Crippen molar-refractivity contribution >= 4 is 17.7 Å². The second kappa shape index (κ2) is 10.3. The van der Waals surface area contributed by atoms with Gasteiger partial charge >= 0.3 is 5.97 Å². The van der Waals surface area contributed by atoms with Crippen molar-refractivity contribution in [1.29, 1.82) is 0 Å². The van der Waals surface area contributed by atoms with Gasteiger partial charge in [-0.05, 0) is 59.2 Å². The Morgan fingerprint density at radius 3 is 2.46 bits per heavy atom. The normalized spacial score (nSPS) is 15.1. The summed E-state index contributed by atoms with van der Waals surface area (Å²) in [5.74, 6) is 0.150. The Labute approximate surface area is 217 Å². The van der Waals surface area contributed by atoms with E-state index in [1.807, 2.05) is 18.2 Å². The number of hydrogen-bond donors (Lipinski definition) is 5. The molecule has 1 heterocycles. The number of hydrogen-bond acceptors (Lipinski definition) is 5. The molecule has 2 aliphatic rings. The number of carboxylic acid groups (broad SMARTS) is 1. The average molecular weight is 494 g/mol.